The average Bonchev–Trinajstić information content (AvgIpc) is 3.17. The summed E-state index contributed by atoms with van der Waals surface area (Å²) >= 11 is 1.42. The predicted octanol–water partition coefficient (Wildman–Crippen LogP) is 4.84. The lowest BCUT2D eigenvalue weighted by molar-refractivity contribution is -0.385. The topological polar surface area (TPSA) is 86.7 Å². The van der Waals surface area contributed by atoms with Crippen LogP contribution in [0.15, 0.2) is 78.2 Å². The molecule has 0 saturated carbocycles. The average molecular weight is 403 g/mol. The van der Waals surface area contributed by atoms with E-state index in [1.807, 2.05) is 47.9 Å². The molecule has 29 heavy (non-hydrogen) atoms. The van der Waals surface area contributed by atoms with E-state index in [0.717, 1.165) is 16.8 Å². The molecule has 0 aliphatic heterocycles. The van der Waals surface area contributed by atoms with Crippen molar-refractivity contribution in [2.45, 2.75) is 17.8 Å². The lowest BCUT2D eigenvalue weighted by Gasteiger charge is -2.12. The Balaban J connectivity index is 1.76. The maximum absolute atomic E-state index is 11.3. The monoisotopic (exact) mass is 403 g/mol. The Labute approximate surface area is 171 Å². The van der Waals surface area contributed by atoms with Crippen LogP contribution in [0.1, 0.15) is 11.1 Å². The number of pyridine rings is 1. The lowest BCUT2D eigenvalue weighted by Crippen LogP contribution is -2.02. The number of nitro benzene ring substituents is 1. The second-order valence-corrected chi connectivity index (χ2v) is 7.28. The van der Waals surface area contributed by atoms with Gasteiger partial charge in [0.2, 0.25) is 0 Å². The van der Waals surface area contributed by atoms with E-state index in [1.165, 1.54) is 17.8 Å². The second kappa shape index (κ2) is 8.24. The summed E-state index contributed by atoms with van der Waals surface area (Å²) in [4.78, 5) is 15.0. The zero-order valence-electron chi connectivity index (χ0n) is 15.6. The molecule has 4 rings (SSSR count). The summed E-state index contributed by atoms with van der Waals surface area (Å²) in [5.74, 6) is 1.11. The molecule has 7 nitrogen and oxygen atoms in total. The van der Waals surface area contributed by atoms with Gasteiger partial charge < -0.3 is 0 Å². The number of hydrogen-bond donors (Lipinski definition) is 0. The van der Waals surface area contributed by atoms with Crippen LogP contribution in [-0.2, 0) is 5.75 Å². The summed E-state index contributed by atoms with van der Waals surface area (Å²) in [5.41, 5.74) is 3.70. The Bertz CT molecular complexity index is 1160. The highest BCUT2D eigenvalue weighted by Crippen LogP contribution is 2.32. The SMILES string of the molecule is Cc1ccccc1-n1c(SCc2ccccc2[N+](=O)[O-])nnc1-c1ccncc1. The van der Waals surface area contributed by atoms with Crippen molar-refractivity contribution < 1.29 is 4.92 Å². The van der Waals surface area contributed by atoms with Crippen LogP contribution in [0.5, 0.6) is 0 Å². The molecule has 0 N–H and O–H groups in total. The fourth-order valence-corrected chi connectivity index (χ4v) is 3.98. The normalized spacial score (nSPS) is 10.8. The summed E-state index contributed by atoms with van der Waals surface area (Å²) < 4.78 is 1.99. The molecule has 0 bridgehead atoms. The van der Waals surface area contributed by atoms with E-state index in [9.17, 15) is 10.1 Å². The number of hydrogen-bond acceptors (Lipinski definition) is 6. The Morgan fingerprint density at radius 2 is 1.72 bits per heavy atom. The van der Waals surface area contributed by atoms with E-state index in [2.05, 4.69) is 15.2 Å². The van der Waals surface area contributed by atoms with Gasteiger partial charge in [-0.25, -0.2) is 0 Å². The molecule has 2 aromatic heterocycles. The number of aromatic nitrogens is 4. The van der Waals surface area contributed by atoms with Gasteiger partial charge in [0.25, 0.3) is 5.69 Å². The molecule has 0 saturated heterocycles. The smallest absolute Gasteiger partial charge is 0.270 e. The fraction of sp³-hybridized carbons (Fsp3) is 0.0952. The highest BCUT2D eigenvalue weighted by molar-refractivity contribution is 7.98. The summed E-state index contributed by atoms with van der Waals surface area (Å²) in [6, 6.07) is 18.5. The second-order valence-electron chi connectivity index (χ2n) is 6.34. The third kappa shape index (κ3) is 3.88. The maximum Gasteiger partial charge on any atom is 0.273 e. The first-order valence-corrected chi connectivity index (χ1v) is 9.90. The van der Waals surface area contributed by atoms with Crippen LogP contribution in [0.2, 0.25) is 0 Å². The minimum Gasteiger partial charge on any atom is -0.270 e. The number of benzene rings is 2. The predicted molar refractivity (Wildman–Crippen MR) is 112 cm³/mol. The van der Waals surface area contributed by atoms with Crippen molar-refractivity contribution in [2.24, 2.45) is 0 Å². The van der Waals surface area contributed by atoms with Crippen LogP contribution < -0.4 is 0 Å². The highest BCUT2D eigenvalue weighted by Gasteiger charge is 2.19. The van der Waals surface area contributed by atoms with Crippen LogP contribution in [0.3, 0.4) is 0 Å². The van der Waals surface area contributed by atoms with Crippen molar-refractivity contribution >= 4 is 17.4 Å². The molecule has 0 fully saturated rings. The molecule has 2 aromatic carbocycles. The van der Waals surface area contributed by atoms with E-state index in [4.69, 9.17) is 0 Å². The van der Waals surface area contributed by atoms with Gasteiger partial charge in [-0.3, -0.25) is 19.7 Å². The van der Waals surface area contributed by atoms with E-state index in [0.29, 0.717) is 22.3 Å². The number of para-hydroxylation sites is 2. The third-order valence-electron chi connectivity index (χ3n) is 4.47. The van der Waals surface area contributed by atoms with Crippen LogP contribution >= 0.6 is 11.8 Å². The lowest BCUT2D eigenvalue weighted by atomic mass is 10.2. The van der Waals surface area contributed by atoms with Gasteiger partial charge in [0.05, 0.1) is 10.6 Å². The maximum atomic E-state index is 11.3. The summed E-state index contributed by atoms with van der Waals surface area (Å²) in [6.07, 6.45) is 3.43. The Kier molecular flexibility index (Phi) is 5.35. The third-order valence-corrected chi connectivity index (χ3v) is 5.45. The molecule has 4 aromatic rings. The van der Waals surface area contributed by atoms with Crippen molar-refractivity contribution in [3.8, 4) is 17.1 Å². The molecule has 0 aliphatic carbocycles. The van der Waals surface area contributed by atoms with Gasteiger partial charge in [0, 0.05) is 35.3 Å². The molecular formula is C21H17N5O2S. The number of nitrogens with zero attached hydrogens (tertiary/aromatic N) is 5. The van der Waals surface area contributed by atoms with Crippen molar-refractivity contribution in [1.82, 2.24) is 19.7 Å². The molecule has 144 valence electrons. The van der Waals surface area contributed by atoms with Gasteiger partial charge >= 0.3 is 0 Å². The summed E-state index contributed by atoms with van der Waals surface area (Å²) in [5, 5.41) is 20.8. The standard InChI is InChI=1S/C21H17N5O2S/c1-15-6-2-4-8-18(15)25-20(16-10-12-22-13-11-16)23-24-21(25)29-14-17-7-3-5-9-19(17)26(27)28/h2-13H,14H2,1H3. The van der Waals surface area contributed by atoms with Crippen molar-refractivity contribution in [1.29, 1.82) is 0 Å². The van der Waals surface area contributed by atoms with Crippen LogP contribution in [0.25, 0.3) is 17.1 Å². The summed E-state index contributed by atoms with van der Waals surface area (Å²) in [6.45, 7) is 2.03. The zero-order valence-corrected chi connectivity index (χ0v) is 16.4. The number of thioether (sulfide) groups is 1. The summed E-state index contributed by atoms with van der Waals surface area (Å²) in [7, 11) is 0. The van der Waals surface area contributed by atoms with Crippen molar-refractivity contribution in [3.05, 3.63) is 94.3 Å². The van der Waals surface area contributed by atoms with Crippen molar-refractivity contribution in [3.63, 3.8) is 0 Å². The quantitative estimate of drug-likeness (QED) is 0.260. The van der Waals surface area contributed by atoms with Gasteiger partial charge in [-0.2, -0.15) is 0 Å². The molecule has 0 unspecified atom stereocenters. The van der Waals surface area contributed by atoms with Gasteiger partial charge in [0.1, 0.15) is 0 Å². The van der Waals surface area contributed by atoms with Crippen LogP contribution in [-0.4, -0.2) is 24.7 Å². The van der Waals surface area contributed by atoms with E-state index in [-0.39, 0.29) is 10.6 Å². The fourth-order valence-electron chi connectivity index (χ4n) is 3.04. The van der Waals surface area contributed by atoms with Crippen molar-refractivity contribution in [2.75, 3.05) is 0 Å². The largest absolute Gasteiger partial charge is 0.273 e. The van der Waals surface area contributed by atoms with Gasteiger partial charge in [-0.15, -0.1) is 10.2 Å². The molecule has 0 atom stereocenters. The molecule has 0 spiro atoms. The Hall–Kier alpha value is -3.52. The van der Waals surface area contributed by atoms with Crippen LogP contribution in [0, 0.1) is 17.0 Å². The Morgan fingerprint density at radius 3 is 2.48 bits per heavy atom. The molecule has 0 radical (unpaired) electrons. The minimum absolute atomic E-state index is 0.108. The molecule has 8 heteroatoms. The first-order valence-electron chi connectivity index (χ1n) is 8.92. The first kappa shape index (κ1) is 18.8. The molecule has 0 amide bonds. The van der Waals surface area contributed by atoms with Crippen LogP contribution in [0.4, 0.5) is 5.69 Å². The van der Waals surface area contributed by atoms with E-state index >= 15 is 0 Å². The Morgan fingerprint density at radius 1 is 1.00 bits per heavy atom. The van der Waals surface area contributed by atoms with Gasteiger partial charge in [-0.1, -0.05) is 48.2 Å². The van der Waals surface area contributed by atoms with Gasteiger partial charge in [-0.05, 0) is 30.7 Å². The zero-order chi connectivity index (χ0) is 20.2. The number of rotatable bonds is 6. The molecule has 0 aliphatic rings. The molecule has 2 heterocycles. The number of nitro groups is 1. The minimum atomic E-state index is -0.357. The van der Waals surface area contributed by atoms with E-state index < -0.39 is 0 Å². The first-order chi connectivity index (χ1) is 14.1. The number of aryl methyl sites for hydroxylation is 1. The highest BCUT2D eigenvalue weighted by atomic mass is 32.2. The van der Waals surface area contributed by atoms with E-state index in [1.54, 1.807) is 30.6 Å². The van der Waals surface area contributed by atoms with Gasteiger partial charge in [0.15, 0.2) is 11.0 Å². The molecular weight excluding hydrogens is 386 g/mol.